The van der Waals surface area contributed by atoms with E-state index in [9.17, 15) is 18.0 Å². The molecule has 3 nitrogen and oxygen atoms in total. The second-order valence-corrected chi connectivity index (χ2v) is 5.01. The van der Waals surface area contributed by atoms with Gasteiger partial charge in [-0.15, -0.1) is 0 Å². The van der Waals surface area contributed by atoms with Gasteiger partial charge in [-0.3, -0.25) is 4.79 Å². The molecule has 1 aliphatic rings. The molecule has 2 unspecified atom stereocenters. The molecule has 0 heterocycles. The minimum absolute atomic E-state index is 0.125. The van der Waals surface area contributed by atoms with E-state index in [1.54, 1.807) is 0 Å². The van der Waals surface area contributed by atoms with Crippen molar-refractivity contribution in [3.05, 3.63) is 0 Å². The smallest absolute Gasteiger partial charge is 0.345 e. The highest BCUT2D eigenvalue weighted by atomic mass is 19.4. The second-order valence-electron chi connectivity index (χ2n) is 5.01. The number of alkyl halides is 3. The van der Waals surface area contributed by atoms with E-state index in [-0.39, 0.29) is 24.3 Å². The van der Waals surface area contributed by atoms with Crippen molar-refractivity contribution in [2.24, 2.45) is 17.6 Å². The van der Waals surface area contributed by atoms with Crippen molar-refractivity contribution in [1.82, 2.24) is 4.90 Å². The summed E-state index contributed by atoms with van der Waals surface area (Å²) in [4.78, 5) is 13.3. The van der Waals surface area contributed by atoms with Gasteiger partial charge in [-0.05, 0) is 25.3 Å². The van der Waals surface area contributed by atoms with Crippen LogP contribution in [0.3, 0.4) is 0 Å². The van der Waals surface area contributed by atoms with E-state index in [0.717, 1.165) is 25.7 Å². The van der Waals surface area contributed by atoms with Gasteiger partial charge in [0.2, 0.25) is 5.91 Å². The maximum absolute atomic E-state index is 12.1. The third-order valence-corrected chi connectivity index (χ3v) is 3.64. The van der Waals surface area contributed by atoms with E-state index in [1.807, 2.05) is 0 Å². The van der Waals surface area contributed by atoms with Crippen LogP contribution in [0.15, 0.2) is 0 Å². The number of nitrogens with two attached hydrogens (primary N) is 1. The Bertz CT molecular complexity index is 281. The number of nitrogens with zero attached hydrogens (tertiary/aromatic N) is 1. The predicted molar refractivity (Wildman–Crippen MR) is 62.8 cm³/mol. The highest BCUT2D eigenvalue weighted by Gasteiger charge is 2.33. The Balaban J connectivity index is 2.51. The first-order chi connectivity index (χ1) is 8.35. The van der Waals surface area contributed by atoms with Gasteiger partial charge in [0.15, 0.2) is 0 Å². The maximum atomic E-state index is 12.1. The first-order valence-corrected chi connectivity index (χ1v) is 6.37. The van der Waals surface area contributed by atoms with E-state index in [0.29, 0.717) is 6.54 Å². The molecule has 0 bridgehead atoms. The van der Waals surface area contributed by atoms with Crippen molar-refractivity contribution in [1.29, 1.82) is 0 Å². The molecule has 18 heavy (non-hydrogen) atoms. The van der Waals surface area contributed by atoms with E-state index < -0.39 is 12.6 Å². The Morgan fingerprint density at radius 3 is 2.50 bits per heavy atom. The fourth-order valence-corrected chi connectivity index (χ4v) is 2.50. The molecule has 1 fully saturated rings. The summed E-state index contributed by atoms with van der Waals surface area (Å²) in [5, 5.41) is 0. The molecule has 106 valence electrons. The molecule has 6 heteroatoms. The zero-order valence-electron chi connectivity index (χ0n) is 10.7. The maximum Gasteiger partial charge on any atom is 0.390 e. The fraction of sp³-hybridized carbons (Fsp3) is 0.917. The molecule has 1 rings (SSSR count). The lowest BCUT2D eigenvalue weighted by molar-refractivity contribution is -0.147. The zero-order chi connectivity index (χ0) is 13.8. The number of rotatable bonds is 4. The number of halogens is 3. The molecule has 0 aromatic rings. The van der Waals surface area contributed by atoms with Crippen molar-refractivity contribution in [3.63, 3.8) is 0 Å². The normalized spacial score (nSPS) is 24.9. The molecular weight excluding hydrogens is 245 g/mol. The summed E-state index contributed by atoms with van der Waals surface area (Å²) in [6.45, 7) is 0.166. The van der Waals surface area contributed by atoms with Gasteiger partial charge in [0.1, 0.15) is 0 Å². The highest BCUT2D eigenvalue weighted by Crippen LogP contribution is 2.31. The summed E-state index contributed by atoms with van der Waals surface area (Å²) >= 11 is 0. The predicted octanol–water partition coefficient (Wildman–Crippen LogP) is 2.16. The summed E-state index contributed by atoms with van der Waals surface area (Å²) in [6.07, 6.45) is -1.50. The van der Waals surface area contributed by atoms with Crippen molar-refractivity contribution in [2.45, 2.75) is 38.3 Å². The van der Waals surface area contributed by atoms with Crippen LogP contribution >= 0.6 is 0 Å². The van der Waals surface area contributed by atoms with Crippen LogP contribution in [-0.4, -0.2) is 37.1 Å². The largest absolute Gasteiger partial charge is 0.390 e. The van der Waals surface area contributed by atoms with Gasteiger partial charge in [-0.25, -0.2) is 0 Å². The van der Waals surface area contributed by atoms with Crippen LogP contribution < -0.4 is 5.73 Å². The van der Waals surface area contributed by atoms with Gasteiger partial charge in [0.05, 0.1) is 6.42 Å². The third-order valence-electron chi connectivity index (χ3n) is 3.64. The minimum Gasteiger partial charge on any atom is -0.345 e. The molecule has 2 N–H and O–H groups in total. The standard InChI is InChI=1S/C12H21F3N2O/c1-17(7-6-12(13,14)15)11(18)10-5-3-2-4-9(10)8-16/h9-10H,2-8,16H2,1H3. The van der Waals surface area contributed by atoms with Gasteiger partial charge >= 0.3 is 6.18 Å². The van der Waals surface area contributed by atoms with E-state index in [1.165, 1.54) is 11.9 Å². The van der Waals surface area contributed by atoms with Crippen molar-refractivity contribution < 1.29 is 18.0 Å². The van der Waals surface area contributed by atoms with Crippen LogP contribution in [0.1, 0.15) is 32.1 Å². The number of carbonyl (C=O) groups excluding carboxylic acids is 1. The number of amides is 1. The number of hydrogen-bond donors (Lipinski definition) is 1. The Labute approximate surface area is 106 Å². The van der Waals surface area contributed by atoms with Crippen LogP contribution in [0.4, 0.5) is 13.2 Å². The molecule has 2 atom stereocenters. The Hall–Kier alpha value is -0.780. The van der Waals surface area contributed by atoms with Crippen LogP contribution in [-0.2, 0) is 4.79 Å². The first kappa shape index (κ1) is 15.3. The third kappa shape index (κ3) is 4.48. The lowest BCUT2D eigenvalue weighted by atomic mass is 9.78. The van der Waals surface area contributed by atoms with Crippen molar-refractivity contribution in [2.75, 3.05) is 20.1 Å². The molecule has 0 aromatic heterocycles. The Kier molecular flexibility index (Phi) is 5.44. The van der Waals surface area contributed by atoms with Crippen molar-refractivity contribution in [3.8, 4) is 0 Å². The first-order valence-electron chi connectivity index (χ1n) is 6.37. The minimum atomic E-state index is -4.21. The van der Waals surface area contributed by atoms with Crippen LogP contribution in [0.2, 0.25) is 0 Å². The topological polar surface area (TPSA) is 46.3 Å². The number of hydrogen-bond acceptors (Lipinski definition) is 2. The van der Waals surface area contributed by atoms with Gasteiger partial charge in [-0.2, -0.15) is 13.2 Å². The molecule has 0 radical (unpaired) electrons. The van der Waals surface area contributed by atoms with E-state index >= 15 is 0 Å². The Morgan fingerprint density at radius 2 is 1.94 bits per heavy atom. The Morgan fingerprint density at radius 1 is 1.33 bits per heavy atom. The molecular formula is C12H21F3N2O. The summed E-state index contributed by atoms with van der Waals surface area (Å²) in [5.74, 6) is -0.254. The average molecular weight is 266 g/mol. The van der Waals surface area contributed by atoms with Crippen molar-refractivity contribution >= 4 is 5.91 Å². The van der Waals surface area contributed by atoms with E-state index in [4.69, 9.17) is 5.73 Å². The molecule has 0 saturated heterocycles. The zero-order valence-corrected chi connectivity index (χ0v) is 10.7. The lowest BCUT2D eigenvalue weighted by Crippen LogP contribution is -2.41. The second kappa shape index (κ2) is 6.41. The molecule has 1 aliphatic carbocycles. The monoisotopic (exact) mass is 266 g/mol. The van der Waals surface area contributed by atoms with Gasteiger partial charge in [0.25, 0.3) is 0 Å². The average Bonchev–Trinajstić information content (AvgIpc) is 2.34. The fourth-order valence-electron chi connectivity index (χ4n) is 2.50. The van der Waals surface area contributed by atoms with Gasteiger partial charge in [0, 0.05) is 19.5 Å². The molecule has 1 amide bonds. The van der Waals surface area contributed by atoms with Gasteiger partial charge < -0.3 is 10.6 Å². The quantitative estimate of drug-likeness (QED) is 0.847. The molecule has 0 spiro atoms. The summed E-state index contributed by atoms with van der Waals surface area (Å²) in [5.41, 5.74) is 5.62. The molecule has 0 aliphatic heterocycles. The molecule has 0 aromatic carbocycles. The molecule has 1 saturated carbocycles. The summed E-state index contributed by atoms with van der Waals surface area (Å²) in [7, 11) is 1.44. The number of carbonyl (C=O) groups is 1. The SMILES string of the molecule is CN(CCC(F)(F)F)C(=O)C1CCCCC1CN. The van der Waals surface area contributed by atoms with Gasteiger partial charge in [-0.1, -0.05) is 12.8 Å². The van der Waals surface area contributed by atoms with Crippen LogP contribution in [0, 0.1) is 11.8 Å². The summed E-state index contributed by atoms with van der Waals surface area (Å²) in [6, 6.07) is 0. The summed E-state index contributed by atoms with van der Waals surface area (Å²) < 4.78 is 36.3. The van der Waals surface area contributed by atoms with E-state index in [2.05, 4.69) is 0 Å². The van der Waals surface area contributed by atoms with Crippen LogP contribution in [0.25, 0.3) is 0 Å². The lowest BCUT2D eigenvalue weighted by Gasteiger charge is -2.32. The highest BCUT2D eigenvalue weighted by molar-refractivity contribution is 5.79. The van der Waals surface area contributed by atoms with Crippen LogP contribution in [0.5, 0.6) is 0 Å².